The molecule has 1 aliphatic heterocycles. The molecule has 1 saturated heterocycles. The maximum Gasteiger partial charge on any atom is 0.231 e. The van der Waals surface area contributed by atoms with Crippen molar-refractivity contribution < 1.29 is 9.59 Å². The molecule has 1 atom stereocenters. The Kier molecular flexibility index (Phi) is 4.88. The van der Waals surface area contributed by atoms with Gasteiger partial charge in [-0.2, -0.15) is 15.0 Å². The molecule has 0 aliphatic carbocycles. The van der Waals surface area contributed by atoms with Crippen LogP contribution in [0.5, 0.6) is 0 Å². The van der Waals surface area contributed by atoms with Crippen LogP contribution >= 0.6 is 11.3 Å². The second kappa shape index (κ2) is 7.86. The monoisotopic (exact) mass is 443 g/mol. The van der Waals surface area contributed by atoms with Crippen molar-refractivity contribution in [2.75, 3.05) is 16.8 Å². The van der Waals surface area contributed by atoms with E-state index in [2.05, 4.69) is 20.4 Å². The van der Waals surface area contributed by atoms with E-state index in [1.807, 2.05) is 31.2 Å². The number of carbonyl (C=O) groups excluding carboxylic acids is 2. The molecule has 3 aromatic heterocycles. The van der Waals surface area contributed by atoms with E-state index in [1.165, 1.54) is 10.9 Å². The number of aryl methyl sites for hydroxylation is 1. The largest absolute Gasteiger partial charge is 0.312 e. The number of fused-ring (bicyclic) bond motifs is 1. The fourth-order valence-electron chi connectivity index (χ4n) is 3.75. The Balaban J connectivity index is 1.38. The van der Waals surface area contributed by atoms with Crippen molar-refractivity contribution in [3.8, 4) is 11.9 Å². The van der Waals surface area contributed by atoms with Crippen LogP contribution in [0.3, 0.4) is 0 Å². The van der Waals surface area contributed by atoms with Gasteiger partial charge in [0.15, 0.2) is 11.6 Å². The highest BCUT2D eigenvalue weighted by molar-refractivity contribution is 7.18. The summed E-state index contributed by atoms with van der Waals surface area (Å²) in [5, 5.41) is 17.4. The lowest BCUT2D eigenvalue weighted by atomic mass is 10.1. The Morgan fingerprint density at radius 2 is 2.19 bits per heavy atom. The first kappa shape index (κ1) is 19.8. The molecule has 0 saturated carbocycles. The number of rotatable bonds is 4. The van der Waals surface area contributed by atoms with Crippen molar-refractivity contribution in [2.24, 2.45) is 5.92 Å². The second-order valence-electron chi connectivity index (χ2n) is 7.40. The molecule has 1 unspecified atom stereocenters. The van der Waals surface area contributed by atoms with Gasteiger partial charge < -0.3 is 10.2 Å². The molecule has 1 aliphatic rings. The molecule has 0 radical (unpaired) electrons. The number of aromatic nitrogens is 4. The molecular formula is C22H17N7O2S. The predicted octanol–water partition coefficient (Wildman–Crippen LogP) is 3.05. The van der Waals surface area contributed by atoms with Crippen LogP contribution in [0.1, 0.15) is 17.0 Å². The number of nitrogens with zero attached hydrogens (tertiary/aromatic N) is 6. The van der Waals surface area contributed by atoms with Gasteiger partial charge >= 0.3 is 0 Å². The third kappa shape index (κ3) is 3.48. The van der Waals surface area contributed by atoms with Crippen LogP contribution in [0.15, 0.2) is 48.8 Å². The lowest BCUT2D eigenvalue weighted by molar-refractivity contribution is -0.122. The molecule has 1 aromatic carbocycles. The van der Waals surface area contributed by atoms with E-state index in [9.17, 15) is 14.9 Å². The van der Waals surface area contributed by atoms with Gasteiger partial charge in [-0.15, -0.1) is 11.3 Å². The molecule has 9 nitrogen and oxygen atoms in total. The van der Waals surface area contributed by atoms with Crippen LogP contribution in [-0.4, -0.2) is 38.1 Å². The van der Waals surface area contributed by atoms with Crippen molar-refractivity contribution in [3.05, 3.63) is 59.4 Å². The molecule has 0 bridgehead atoms. The Hall–Kier alpha value is -4.10. The van der Waals surface area contributed by atoms with Crippen molar-refractivity contribution >= 4 is 44.9 Å². The van der Waals surface area contributed by atoms with Gasteiger partial charge in [-0.05, 0) is 37.3 Å². The van der Waals surface area contributed by atoms with Crippen molar-refractivity contribution in [3.63, 3.8) is 0 Å². The molecule has 5 rings (SSSR count). The predicted molar refractivity (Wildman–Crippen MR) is 120 cm³/mol. The molecule has 32 heavy (non-hydrogen) atoms. The number of benzene rings is 1. The van der Waals surface area contributed by atoms with Crippen LogP contribution in [0.2, 0.25) is 0 Å². The lowest BCUT2D eigenvalue weighted by Crippen LogP contribution is -2.28. The van der Waals surface area contributed by atoms with E-state index in [0.29, 0.717) is 5.82 Å². The first-order valence-electron chi connectivity index (χ1n) is 9.91. The van der Waals surface area contributed by atoms with Gasteiger partial charge in [0.05, 0.1) is 27.3 Å². The topological polar surface area (TPSA) is 117 Å². The third-order valence-corrected chi connectivity index (χ3v) is 6.23. The fraction of sp³-hybridized carbons (Fsp3) is 0.182. The zero-order valence-corrected chi connectivity index (χ0v) is 17.8. The number of anilines is 2. The Bertz CT molecular complexity index is 1390. The van der Waals surface area contributed by atoms with Crippen LogP contribution in [0.4, 0.5) is 11.5 Å². The van der Waals surface area contributed by atoms with E-state index >= 15 is 0 Å². The molecule has 2 amide bonds. The van der Waals surface area contributed by atoms with Gasteiger partial charge in [-0.3, -0.25) is 9.59 Å². The quantitative estimate of drug-likeness (QED) is 0.518. The van der Waals surface area contributed by atoms with E-state index in [-0.39, 0.29) is 36.2 Å². The molecule has 4 heterocycles. The van der Waals surface area contributed by atoms with Crippen molar-refractivity contribution in [2.45, 2.75) is 13.3 Å². The molecule has 158 valence electrons. The summed E-state index contributed by atoms with van der Waals surface area (Å²) < 4.78 is 2.46. The number of thiazole rings is 1. The summed E-state index contributed by atoms with van der Waals surface area (Å²) in [7, 11) is 0. The van der Waals surface area contributed by atoms with E-state index < -0.39 is 5.92 Å². The van der Waals surface area contributed by atoms with Gasteiger partial charge in [-0.25, -0.2) is 9.97 Å². The van der Waals surface area contributed by atoms with Gasteiger partial charge in [0.1, 0.15) is 11.6 Å². The summed E-state index contributed by atoms with van der Waals surface area (Å²) in [5.41, 5.74) is 1.78. The average Bonchev–Trinajstić information content (AvgIpc) is 3.49. The smallest absolute Gasteiger partial charge is 0.231 e. The highest BCUT2D eigenvalue weighted by atomic mass is 32.1. The Labute approximate surface area is 186 Å². The number of hydrogen-bond acceptors (Lipinski definition) is 7. The second-order valence-corrected chi connectivity index (χ2v) is 8.63. The fourth-order valence-corrected chi connectivity index (χ4v) is 4.56. The van der Waals surface area contributed by atoms with Crippen LogP contribution < -0.4 is 10.2 Å². The molecule has 1 fully saturated rings. The van der Waals surface area contributed by atoms with Gasteiger partial charge in [0, 0.05) is 24.8 Å². The molecule has 0 spiro atoms. The minimum absolute atomic E-state index is 0.0829. The van der Waals surface area contributed by atoms with Crippen LogP contribution in [0.25, 0.3) is 16.0 Å². The molecule has 10 heteroatoms. The zero-order valence-electron chi connectivity index (χ0n) is 17.0. The number of carbonyl (C=O) groups is 2. The van der Waals surface area contributed by atoms with Crippen LogP contribution in [-0.2, 0) is 9.59 Å². The number of hydrogen-bond donors (Lipinski definition) is 1. The Morgan fingerprint density at radius 1 is 1.31 bits per heavy atom. The minimum Gasteiger partial charge on any atom is -0.312 e. The Morgan fingerprint density at radius 3 is 2.97 bits per heavy atom. The van der Waals surface area contributed by atoms with Crippen molar-refractivity contribution in [1.29, 1.82) is 5.26 Å². The summed E-state index contributed by atoms with van der Waals surface area (Å²) in [4.78, 5) is 36.0. The SMILES string of the molecule is Cc1nc2cc(N3CC(C(=O)Nc4c(C#N)cnn4-c4ccccn4)CC3=O)ccc2s1. The number of amides is 2. The lowest BCUT2D eigenvalue weighted by Gasteiger charge is -2.17. The van der Waals surface area contributed by atoms with Gasteiger partial charge in [-0.1, -0.05) is 6.07 Å². The van der Waals surface area contributed by atoms with E-state index in [0.717, 1.165) is 20.9 Å². The highest BCUT2D eigenvalue weighted by Crippen LogP contribution is 2.31. The summed E-state index contributed by atoms with van der Waals surface area (Å²) in [6.07, 6.45) is 3.06. The number of nitriles is 1. The van der Waals surface area contributed by atoms with E-state index in [1.54, 1.807) is 40.6 Å². The van der Waals surface area contributed by atoms with Gasteiger partial charge in [0.25, 0.3) is 0 Å². The number of pyridine rings is 1. The standard InChI is InChI=1S/C22H17N7O2S/c1-13-26-17-9-16(5-6-18(17)32-13)28-12-14(8-20(28)30)22(31)27-21-15(10-23)11-25-29(21)19-4-2-3-7-24-19/h2-7,9,11,14H,8,12H2,1H3,(H,27,31). The average molecular weight is 443 g/mol. The van der Waals surface area contributed by atoms with Gasteiger partial charge in [0.2, 0.25) is 11.8 Å². The molecule has 4 aromatic rings. The first-order valence-corrected chi connectivity index (χ1v) is 10.7. The molecular weight excluding hydrogens is 426 g/mol. The zero-order chi connectivity index (χ0) is 22.2. The minimum atomic E-state index is -0.561. The van der Waals surface area contributed by atoms with Crippen molar-refractivity contribution in [1.82, 2.24) is 19.7 Å². The highest BCUT2D eigenvalue weighted by Gasteiger charge is 2.36. The maximum absolute atomic E-state index is 13.0. The molecule has 1 N–H and O–H groups in total. The summed E-state index contributed by atoms with van der Waals surface area (Å²) >= 11 is 1.60. The summed E-state index contributed by atoms with van der Waals surface area (Å²) in [6, 6.07) is 13.0. The summed E-state index contributed by atoms with van der Waals surface area (Å²) in [5.74, 6) is -0.327. The first-order chi connectivity index (χ1) is 15.5. The summed E-state index contributed by atoms with van der Waals surface area (Å²) in [6.45, 7) is 2.19. The third-order valence-electron chi connectivity index (χ3n) is 5.28. The van der Waals surface area contributed by atoms with E-state index in [4.69, 9.17) is 0 Å². The maximum atomic E-state index is 13.0. The van der Waals surface area contributed by atoms with Crippen LogP contribution in [0, 0.1) is 24.2 Å². The normalized spacial score (nSPS) is 15.8. The number of nitrogens with one attached hydrogen (secondary N) is 1.